The Morgan fingerprint density at radius 2 is 1.70 bits per heavy atom. The fraction of sp³-hybridized carbons (Fsp3) is 0.389. The van der Waals surface area contributed by atoms with E-state index in [1.54, 1.807) is 24.3 Å². The van der Waals surface area contributed by atoms with Crippen LogP contribution in [0.2, 0.25) is 0 Å². The molecule has 0 unspecified atom stereocenters. The maximum absolute atomic E-state index is 12.8. The molecule has 1 fully saturated rings. The standard InChI is InChI=1S/C18H22N2O2S/c1-13-9-11-17(12-10-13)23(21,22)20-15(3)14(2)18(19-20)16-7-5-4-6-8-16/h9-12,16H,2-8H2,1H3. The highest BCUT2D eigenvalue weighted by Crippen LogP contribution is 2.29. The fourth-order valence-electron chi connectivity index (χ4n) is 3.19. The van der Waals surface area contributed by atoms with Crippen LogP contribution in [0.15, 0.2) is 29.2 Å². The highest BCUT2D eigenvalue weighted by Gasteiger charge is 2.24. The second-order valence-electron chi connectivity index (χ2n) is 6.31. The van der Waals surface area contributed by atoms with Crippen molar-refractivity contribution in [3.8, 4) is 0 Å². The fourth-order valence-corrected chi connectivity index (χ4v) is 4.47. The van der Waals surface area contributed by atoms with E-state index in [-0.39, 0.29) is 4.90 Å². The normalized spacial score (nSPS) is 16.6. The van der Waals surface area contributed by atoms with Gasteiger partial charge in [0.1, 0.15) is 0 Å². The summed E-state index contributed by atoms with van der Waals surface area (Å²) in [4.78, 5) is 0.227. The van der Waals surface area contributed by atoms with Gasteiger partial charge in [-0.3, -0.25) is 0 Å². The molecular formula is C18H22N2O2S. The van der Waals surface area contributed by atoms with E-state index in [0.29, 0.717) is 16.5 Å². The van der Waals surface area contributed by atoms with Crippen molar-refractivity contribution in [1.82, 2.24) is 9.19 Å². The zero-order valence-corrected chi connectivity index (χ0v) is 14.3. The smallest absolute Gasteiger partial charge is 0.199 e. The van der Waals surface area contributed by atoms with Crippen LogP contribution in [0.4, 0.5) is 0 Å². The second-order valence-corrected chi connectivity index (χ2v) is 8.07. The van der Waals surface area contributed by atoms with Gasteiger partial charge in [0.15, 0.2) is 0 Å². The molecule has 0 aliphatic heterocycles. The molecule has 4 nitrogen and oxygen atoms in total. The van der Waals surface area contributed by atoms with E-state index in [0.717, 1.165) is 41.0 Å². The molecule has 3 rings (SSSR count). The molecule has 1 aromatic carbocycles. The van der Waals surface area contributed by atoms with Crippen molar-refractivity contribution in [2.24, 2.45) is 0 Å². The molecule has 0 spiro atoms. The number of aromatic nitrogens is 2. The predicted octanol–water partition coefficient (Wildman–Crippen LogP) is 2.30. The van der Waals surface area contributed by atoms with Crippen molar-refractivity contribution in [3.63, 3.8) is 0 Å². The summed E-state index contributed by atoms with van der Waals surface area (Å²) < 4.78 is 26.8. The average Bonchev–Trinajstić information content (AvgIpc) is 2.85. The molecule has 0 saturated heterocycles. The molecule has 2 aromatic rings. The lowest BCUT2D eigenvalue weighted by molar-refractivity contribution is 0.434. The Kier molecular flexibility index (Phi) is 4.15. The third-order valence-electron chi connectivity index (χ3n) is 4.63. The first-order valence-electron chi connectivity index (χ1n) is 8.00. The van der Waals surface area contributed by atoms with E-state index in [9.17, 15) is 8.42 Å². The summed E-state index contributed by atoms with van der Waals surface area (Å²) in [6.45, 7) is 9.85. The van der Waals surface area contributed by atoms with Crippen LogP contribution in [0.5, 0.6) is 0 Å². The highest BCUT2D eigenvalue weighted by molar-refractivity contribution is 7.89. The molecule has 1 saturated carbocycles. The summed E-state index contributed by atoms with van der Waals surface area (Å²) in [5, 5.41) is 5.43. The first-order chi connectivity index (χ1) is 10.9. The van der Waals surface area contributed by atoms with E-state index in [1.807, 2.05) is 6.92 Å². The number of nitrogens with zero attached hydrogens (tertiary/aromatic N) is 2. The van der Waals surface area contributed by atoms with Crippen molar-refractivity contribution in [2.75, 3.05) is 0 Å². The Bertz CT molecular complexity index is 905. The molecule has 122 valence electrons. The van der Waals surface area contributed by atoms with Crippen LogP contribution in [0.1, 0.15) is 49.3 Å². The summed E-state index contributed by atoms with van der Waals surface area (Å²) >= 11 is 0. The summed E-state index contributed by atoms with van der Waals surface area (Å²) in [6, 6.07) is 6.78. The summed E-state index contributed by atoms with van der Waals surface area (Å²) in [5.74, 6) is 0.297. The second kappa shape index (κ2) is 5.96. The molecule has 0 atom stereocenters. The Labute approximate surface area is 137 Å². The summed E-state index contributed by atoms with van der Waals surface area (Å²) in [7, 11) is -3.72. The van der Waals surface area contributed by atoms with E-state index in [1.165, 1.54) is 6.42 Å². The van der Waals surface area contributed by atoms with Crippen molar-refractivity contribution in [1.29, 1.82) is 0 Å². The van der Waals surface area contributed by atoms with E-state index >= 15 is 0 Å². The van der Waals surface area contributed by atoms with Crippen LogP contribution in [-0.4, -0.2) is 17.6 Å². The molecule has 0 N–H and O–H groups in total. The number of rotatable bonds is 3. The van der Waals surface area contributed by atoms with E-state index in [4.69, 9.17) is 0 Å². The summed E-state index contributed by atoms with van der Waals surface area (Å²) in [6.07, 6.45) is 5.65. The van der Waals surface area contributed by atoms with Crippen LogP contribution in [0.3, 0.4) is 0 Å². The number of hydrogen-bond donors (Lipinski definition) is 0. The first-order valence-corrected chi connectivity index (χ1v) is 9.44. The molecular weight excluding hydrogens is 308 g/mol. The van der Waals surface area contributed by atoms with Gasteiger partial charge in [0.05, 0.1) is 15.9 Å². The van der Waals surface area contributed by atoms with Crippen LogP contribution in [-0.2, 0) is 10.0 Å². The maximum Gasteiger partial charge on any atom is 0.283 e. The molecule has 1 aliphatic rings. The summed E-state index contributed by atoms with van der Waals surface area (Å²) in [5.41, 5.74) is 1.81. The highest BCUT2D eigenvalue weighted by atomic mass is 32.2. The van der Waals surface area contributed by atoms with Gasteiger partial charge in [-0.1, -0.05) is 50.1 Å². The number of aryl methyl sites for hydroxylation is 1. The minimum Gasteiger partial charge on any atom is -0.199 e. The van der Waals surface area contributed by atoms with Crippen molar-refractivity contribution < 1.29 is 8.42 Å². The number of benzene rings is 1. The molecule has 23 heavy (non-hydrogen) atoms. The van der Waals surface area contributed by atoms with E-state index in [2.05, 4.69) is 18.3 Å². The number of hydrogen-bond acceptors (Lipinski definition) is 3. The van der Waals surface area contributed by atoms with Gasteiger partial charge in [0, 0.05) is 11.1 Å². The quantitative estimate of drug-likeness (QED) is 0.868. The van der Waals surface area contributed by atoms with Gasteiger partial charge >= 0.3 is 0 Å². The molecule has 0 bridgehead atoms. The minimum absolute atomic E-state index is 0.227. The van der Waals surface area contributed by atoms with Crippen LogP contribution in [0.25, 0.3) is 13.2 Å². The molecule has 1 heterocycles. The molecule has 0 amide bonds. The van der Waals surface area contributed by atoms with Gasteiger partial charge in [-0.15, -0.1) is 0 Å². The topological polar surface area (TPSA) is 52.0 Å². The zero-order valence-electron chi connectivity index (χ0n) is 13.5. The minimum atomic E-state index is -3.72. The molecule has 1 aliphatic carbocycles. The van der Waals surface area contributed by atoms with Crippen LogP contribution < -0.4 is 10.6 Å². The van der Waals surface area contributed by atoms with Crippen LogP contribution >= 0.6 is 0 Å². The Hall–Kier alpha value is -1.88. The van der Waals surface area contributed by atoms with Crippen LogP contribution in [0, 0.1) is 6.92 Å². The van der Waals surface area contributed by atoms with Gasteiger partial charge in [-0.2, -0.15) is 17.6 Å². The molecule has 0 radical (unpaired) electrons. The monoisotopic (exact) mass is 330 g/mol. The maximum atomic E-state index is 12.8. The molecule has 1 aromatic heterocycles. The Morgan fingerprint density at radius 1 is 1.09 bits per heavy atom. The zero-order chi connectivity index (χ0) is 16.6. The van der Waals surface area contributed by atoms with E-state index < -0.39 is 10.0 Å². The lowest BCUT2D eigenvalue weighted by Gasteiger charge is -2.19. The largest absolute Gasteiger partial charge is 0.283 e. The van der Waals surface area contributed by atoms with Gasteiger partial charge in [-0.05, 0) is 31.9 Å². The van der Waals surface area contributed by atoms with Gasteiger partial charge in [-0.25, -0.2) is 0 Å². The Morgan fingerprint density at radius 3 is 2.30 bits per heavy atom. The predicted molar refractivity (Wildman–Crippen MR) is 92.1 cm³/mol. The lowest BCUT2D eigenvalue weighted by Crippen LogP contribution is -2.32. The van der Waals surface area contributed by atoms with Gasteiger partial charge in [0.25, 0.3) is 10.0 Å². The molecule has 5 heteroatoms. The SMILES string of the molecule is C=c1c(C2CCCCC2)nn(S(=O)(=O)c2ccc(C)cc2)c1=C. The Balaban J connectivity index is 2.08. The lowest BCUT2D eigenvalue weighted by atomic mass is 9.86. The third-order valence-corrected chi connectivity index (χ3v) is 6.25. The van der Waals surface area contributed by atoms with Crippen molar-refractivity contribution >= 4 is 23.2 Å². The average molecular weight is 330 g/mol. The first kappa shape index (κ1) is 16.0. The third kappa shape index (κ3) is 2.85. The van der Waals surface area contributed by atoms with Gasteiger partial charge in [0.2, 0.25) is 0 Å². The van der Waals surface area contributed by atoms with Crippen molar-refractivity contribution in [2.45, 2.75) is 49.8 Å². The van der Waals surface area contributed by atoms with Gasteiger partial charge < -0.3 is 0 Å². The van der Waals surface area contributed by atoms with Crippen molar-refractivity contribution in [3.05, 3.63) is 46.1 Å².